The van der Waals surface area contributed by atoms with Gasteiger partial charge in [0, 0.05) is 13.0 Å². The third-order valence-corrected chi connectivity index (χ3v) is 1.93. The van der Waals surface area contributed by atoms with Crippen molar-refractivity contribution in [3.8, 4) is 0 Å². The summed E-state index contributed by atoms with van der Waals surface area (Å²) >= 11 is 5.55. The Labute approximate surface area is 86.0 Å². The number of amides is 1. The first-order valence-corrected chi connectivity index (χ1v) is 4.45. The van der Waals surface area contributed by atoms with Crippen LogP contribution in [0.1, 0.15) is 6.42 Å². The predicted molar refractivity (Wildman–Crippen MR) is 53.7 cm³/mol. The molecule has 0 spiro atoms. The van der Waals surface area contributed by atoms with E-state index in [1.165, 1.54) is 6.07 Å². The van der Waals surface area contributed by atoms with Crippen molar-refractivity contribution < 1.29 is 9.18 Å². The van der Waals surface area contributed by atoms with Crippen LogP contribution in [0.2, 0.25) is 5.02 Å². The molecule has 0 atom stereocenters. The minimum Gasteiger partial charge on any atom is -0.382 e. The Bertz CT molecular complexity index is 344. The zero-order chi connectivity index (χ0) is 10.6. The zero-order valence-corrected chi connectivity index (χ0v) is 8.14. The average Bonchev–Trinajstić information content (AvgIpc) is 2.12. The lowest BCUT2D eigenvalue weighted by Crippen LogP contribution is -2.16. The van der Waals surface area contributed by atoms with E-state index < -0.39 is 11.7 Å². The lowest BCUT2D eigenvalue weighted by atomic mass is 10.3. The molecule has 1 amide bonds. The SMILES string of the molecule is NC(=O)CCNc1cccc(Cl)c1F. The Morgan fingerprint density at radius 1 is 1.57 bits per heavy atom. The van der Waals surface area contributed by atoms with Gasteiger partial charge in [0.2, 0.25) is 5.91 Å². The van der Waals surface area contributed by atoms with E-state index in [4.69, 9.17) is 17.3 Å². The molecule has 0 saturated carbocycles. The Morgan fingerprint density at radius 2 is 2.29 bits per heavy atom. The summed E-state index contributed by atoms with van der Waals surface area (Å²) in [4.78, 5) is 10.4. The van der Waals surface area contributed by atoms with Crippen LogP contribution < -0.4 is 11.1 Å². The standard InChI is InChI=1S/C9H10ClFN2O/c10-6-2-1-3-7(9(6)11)13-5-4-8(12)14/h1-3,13H,4-5H2,(H2,12,14). The first-order chi connectivity index (χ1) is 6.61. The molecule has 14 heavy (non-hydrogen) atoms. The van der Waals surface area contributed by atoms with Crippen molar-refractivity contribution in [3.05, 3.63) is 29.0 Å². The number of anilines is 1. The normalized spacial score (nSPS) is 9.86. The molecular formula is C9H10ClFN2O. The zero-order valence-electron chi connectivity index (χ0n) is 7.39. The van der Waals surface area contributed by atoms with Crippen molar-refractivity contribution in [2.45, 2.75) is 6.42 Å². The first-order valence-electron chi connectivity index (χ1n) is 4.07. The number of halogens is 2. The van der Waals surface area contributed by atoms with Crippen molar-refractivity contribution in [1.82, 2.24) is 0 Å². The fourth-order valence-corrected chi connectivity index (χ4v) is 1.14. The summed E-state index contributed by atoms with van der Waals surface area (Å²) in [6, 6.07) is 4.62. The number of primary amides is 1. The number of carbonyl (C=O) groups is 1. The number of benzene rings is 1. The molecule has 0 bridgehead atoms. The van der Waals surface area contributed by atoms with Crippen LogP contribution in [0.25, 0.3) is 0 Å². The molecule has 0 aromatic heterocycles. The smallest absolute Gasteiger partial charge is 0.219 e. The highest BCUT2D eigenvalue weighted by molar-refractivity contribution is 6.31. The van der Waals surface area contributed by atoms with Gasteiger partial charge in [-0.15, -0.1) is 0 Å². The van der Waals surface area contributed by atoms with E-state index >= 15 is 0 Å². The summed E-state index contributed by atoms with van der Waals surface area (Å²) in [5.74, 6) is -0.946. The molecule has 0 fully saturated rings. The van der Waals surface area contributed by atoms with E-state index in [9.17, 15) is 9.18 Å². The van der Waals surface area contributed by atoms with Gasteiger partial charge in [0.05, 0.1) is 10.7 Å². The molecule has 1 rings (SSSR count). The third kappa shape index (κ3) is 2.88. The molecule has 76 valence electrons. The summed E-state index contributed by atoms with van der Waals surface area (Å²) < 4.78 is 13.2. The van der Waals surface area contributed by atoms with Crippen molar-refractivity contribution in [2.24, 2.45) is 5.73 Å². The van der Waals surface area contributed by atoms with E-state index in [0.717, 1.165) is 0 Å². The molecule has 0 aliphatic rings. The molecule has 0 saturated heterocycles. The van der Waals surface area contributed by atoms with Gasteiger partial charge < -0.3 is 11.1 Å². The minimum atomic E-state index is -0.515. The first kappa shape index (κ1) is 10.8. The van der Waals surface area contributed by atoms with E-state index in [1.807, 2.05) is 0 Å². The van der Waals surface area contributed by atoms with Crippen LogP contribution >= 0.6 is 11.6 Å². The van der Waals surface area contributed by atoms with Crippen LogP contribution in [-0.4, -0.2) is 12.5 Å². The number of hydrogen-bond donors (Lipinski definition) is 2. The number of nitrogens with two attached hydrogens (primary N) is 1. The summed E-state index contributed by atoms with van der Waals surface area (Å²) in [7, 11) is 0. The van der Waals surface area contributed by atoms with E-state index in [1.54, 1.807) is 12.1 Å². The second-order valence-corrected chi connectivity index (χ2v) is 3.15. The lowest BCUT2D eigenvalue weighted by Gasteiger charge is -2.06. The molecular weight excluding hydrogens is 207 g/mol. The highest BCUT2D eigenvalue weighted by Gasteiger charge is 2.05. The van der Waals surface area contributed by atoms with Gasteiger partial charge in [0.15, 0.2) is 5.82 Å². The molecule has 0 aliphatic heterocycles. The number of hydrogen-bond acceptors (Lipinski definition) is 2. The lowest BCUT2D eigenvalue weighted by molar-refractivity contribution is -0.117. The number of rotatable bonds is 4. The maximum Gasteiger partial charge on any atom is 0.219 e. The van der Waals surface area contributed by atoms with Gasteiger partial charge in [0.25, 0.3) is 0 Å². The minimum absolute atomic E-state index is 0.0501. The van der Waals surface area contributed by atoms with Crippen LogP contribution in [0.5, 0.6) is 0 Å². The molecule has 0 heterocycles. The summed E-state index contributed by atoms with van der Waals surface area (Å²) in [6.45, 7) is 0.298. The van der Waals surface area contributed by atoms with Crippen molar-refractivity contribution in [1.29, 1.82) is 0 Å². The Morgan fingerprint density at radius 3 is 2.93 bits per heavy atom. The van der Waals surface area contributed by atoms with Crippen LogP contribution in [0.4, 0.5) is 10.1 Å². The van der Waals surface area contributed by atoms with Gasteiger partial charge in [-0.2, -0.15) is 0 Å². The van der Waals surface area contributed by atoms with Gasteiger partial charge >= 0.3 is 0 Å². The topological polar surface area (TPSA) is 55.1 Å². The van der Waals surface area contributed by atoms with Gasteiger partial charge in [0.1, 0.15) is 0 Å². The monoisotopic (exact) mass is 216 g/mol. The van der Waals surface area contributed by atoms with Crippen molar-refractivity contribution in [2.75, 3.05) is 11.9 Å². The molecule has 3 N–H and O–H groups in total. The fourth-order valence-electron chi connectivity index (χ4n) is 0.961. The maximum absolute atomic E-state index is 13.2. The van der Waals surface area contributed by atoms with E-state index in [0.29, 0.717) is 6.54 Å². The predicted octanol–water partition coefficient (Wildman–Crippen LogP) is 1.77. The molecule has 0 radical (unpaired) electrons. The number of nitrogens with one attached hydrogen (secondary N) is 1. The number of carbonyl (C=O) groups excluding carboxylic acids is 1. The molecule has 3 nitrogen and oxygen atoms in total. The van der Waals surface area contributed by atoms with E-state index in [-0.39, 0.29) is 17.1 Å². The Kier molecular flexibility index (Phi) is 3.71. The van der Waals surface area contributed by atoms with Gasteiger partial charge in [-0.25, -0.2) is 4.39 Å². The van der Waals surface area contributed by atoms with Gasteiger partial charge in [-0.1, -0.05) is 17.7 Å². The van der Waals surface area contributed by atoms with Crippen LogP contribution in [-0.2, 0) is 4.79 Å². The Balaban J connectivity index is 2.59. The largest absolute Gasteiger partial charge is 0.382 e. The third-order valence-electron chi connectivity index (χ3n) is 1.64. The molecule has 1 aromatic carbocycles. The molecule has 5 heteroatoms. The van der Waals surface area contributed by atoms with Crippen LogP contribution in [0.15, 0.2) is 18.2 Å². The van der Waals surface area contributed by atoms with Crippen molar-refractivity contribution >= 4 is 23.2 Å². The molecule has 1 aromatic rings. The maximum atomic E-state index is 13.2. The molecule has 0 aliphatic carbocycles. The van der Waals surface area contributed by atoms with Gasteiger partial charge in [-0.3, -0.25) is 4.79 Å². The summed E-state index contributed by atoms with van der Waals surface area (Å²) in [5, 5.41) is 2.77. The van der Waals surface area contributed by atoms with E-state index in [2.05, 4.69) is 5.32 Å². The quantitative estimate of drug-likeness (QED) is 0.806. The summed E-state index contributed by atoms with van der Waals surface area (Å²) in [6.07, 6.45) is 0.159. The van der Waals surface area contributed by atoms with Crippen molar-refractivity contribution in [3.63, 3.8) is 0 Å². The highest BCUT2D eigenvalue weighted by atomic mass is 35.5. The fraction of sp³-hybridized carbons (Fsp3) is 0.222. The van der Waals surface area contributed by atoms with Gasteiger partial charge in [-0.05, 0) is 12.1 Å². The van der Waals surface area contributed by atoms with Crippen LogP contribution in [0, 0.1) is 5.82 Å². The second-order valence-electron chi connectivity index (χ2n) is 2.74. The molecule has 0 unspecified atom stereocenters. The van der Waals surface area contributed by atoms with Crippen LogP contribution in [0.3, 0.4) is 0 Å². The highest BCUT2D eigenvalue weighted by Crippen LogP contribution is 2.21. The average molecular weight is 217 g/mol. The Hall–Kier alpha value is -1.29. The second kappa shape index (κ2) is 4.81. The summed E-state index contributed by atoms with van der Waals surface area (Å²) in [5.41, 5.74) is 5.20.